The van der Waals surface area contributed by atoms with E-state index in [0.717, 1.165) is 18.9 Å². The van der Waals surface area contributed by atoms with Crippen LogP contribution in [0.25, 0.3) is 0 Å². The number of alkyl halides is 2. The summed E-state index contributed by atoms with van der Waals surface area (Å²) in [6.07, 6.45) is 2.00. The molecular formula is C14H18F2N2. The first kappa shape index (κ1) is 11.9. The van der Waals surface area contributed by atoms with E-state index in [1.54, 1.807) is 0 Å². The van der Waals surface area contributed by atoms with E-state index in [9.17, 15) is 8.78 Å². The molecule has 1 spiro atoms. The van der Waals surface area contributed by atoms with E-state index in [4.69, 9.17) is 0 Å². The Balaban J connectivity index is 1.62. The average molecular weight is 252 g/mol. The summed E-state index contributed by atoms with van der Waals surface area (Å²) in [5.74, 6) is -1.03. The molecule has 0 unspecified atom stereocenters. The Hall–Kier alpha value is -1.19. The highest BCUT2D eigenvalue weighted by Gasteiger charge is 2.61. The third-order valence-electron chi connectivity index (χ3n) is 4.08. The van der Waals surface area contributed by atoms with Crippen LogP contribution in [-0.2, 0) is 0 Å². The van der Waals surface area contributed by atoms with Crippen molar-refractivity contribution in [3.8, 4) is 0 Å². The van der Waals surface area contributed by atoms with E-state index in [0.29, 0.717) is 5.92 Å². The van der Waals surface area contributed by atoms with E-state index in [2.05, 4.69) is 29.8 Å². The summed E-state index contributed by atoms with van der Waals surface area (Å²) < 4.78 is 25.8. The van der Waals surface area contributed by atoms with E-state index in [1.165, 1.54) is 5.56 Å². The molecule has 1 saturated carbocycles. The van der Waals surface area contributed by atoms with Crippen LogP contribution in [0.5, 0.6) is 0 Å². The van der Waals surface area contributed by atoms with Crippen LogP contribution in [-0.4, -0.2) is 24.0 Å². The highest BCUT2D eigenvalue weighted by atomic mass is 19.3. The zero-order valence-corrected chi connectivity index (χ0v) is 10.8. The Labute approximate surface area is 106 Å². The minimum absolute atomic E-state index is 0.0561. The molecule has 0 atom stereocenters. The van der Waals surface area contributed by atoms with Crippen molar-refractivity contribution >= 4 is 5.82 Å². The maximum atomic E-state index is 12.9. The fourth-order valence-electron chi connectivity index (χ4n) is 3.12. The van der Waals surface area contributed by atoms with Crippen LogP contribution in [0.15, 0.2) is 18.3 Å². The number of aromatic nitrogens is 1. The van der Waals surface area contributed by atoms with Gasteiger partial charge in [-0.2, -0.15) is 0 Å². The molecule has 1 aliphatic heterocycles. The second-order valence-corrected chi connectivity index (χ2v) is 6.17. The molecule has 98 valence electrons. The zero-order chi connectivity index (χ0) is 13.0. The molecule has 0 bridgehead atoms. The number of halogens is 2. The molecule has 1 aromatic rings. The fourth-order valence-corrected chi connectivity index (χ4v) is 3.12. The van der Waals surface area contributed by atoms with Crippen molar-refractivity contribution in [1.29, 1.82) is 0 Å². The fraction of sp³-hybridized carbons (Fsp3) is 0.643. The molecule has 0 radical (unpaired) electrons. The second kappa shape index (κ2) is 3.65. The summed E-state index contributed by atoms with van der Waals surface area (Å²) in [6.45, 7) is 5.73. The Morgan fingerprint density at radius 2 is 1.89 bits per heavy atom. The Morgan fingerprint density at radius 3 is 2.33 bits per heavy atom. The smallest absolute Gasteiger partial charge is 0.249 e. The summed E-state index contributed by atoms with van der Waals surface area (Å²) in [4.78, 5) is 6.52. The first-order chi connectivity index (χ1) is 8.39. The largest absolute Gasteiger partial charge is 0.355 e. The molecule has 2 fully saturated rings. The lowest BCUT2D eigenvalue weighted by molar-refractivity contribution is -0.170. The van der Waals surface area contributed by atoms with Crippen molar-refractivity contribution in [2.45, 2.75) is 38.5 Å². The van der Waals surface area contributed by atoms with Crippen molar-refractivity contribution < 1.29 is 8.78 Å². The number of hydrogen-bond donors (Lipinski definition) is 0. The van der Waals surface area contributed by atoms with Crippen molar-refractivity contribution in [3.05, 3.63) is 23.9 Å². The molecule has 4 heteroatoms. The molecule has 0 N–H and O–H groups in total. The number of rotatable bonds is 2. The number of pyridine rings is 1. The number of hydrogen-bond acceptors (Lipinski definition) is 2. The summed E-state index contributed by atoms with van der Waals surface area (Å²) in [7, 11) is 0. The van der Waals surface area contributed by atoms with E-state index in [1.807, 2.05) is 12.3 Å². The quantitative estimate of drug-likeness (QED) is 0.801. The zero-order valence-electron chi connectivity index (χ0n) is 10.8. The maximum absolute atomic E-state index is 12.9. The number of anilines is 1. The van der Waals surface area contributed by atoms with Crippen LogP contribution in [0.2, 0.25) is 0 Å². The average Bonchev–Trinajstić information content (AvgIpc) is 2.22. The van der Waals surface area contributed by atoms with Gasteiger partial charge in [-0.15, -0.1) is 0 Å². The van der Waals surface area contributed by atoms with Crippen LogP contribution in [0.3, 0.4) is 0 Å². The Kier molecular flexibility index (Phi) is 2.41. The van der Waals surface area contributed by atoms with Gasteiger partial charge in [0.15, 0.2) is 0 Å². The lowest BCUT2D eigenvalue weighted by atomic mass is 9.61. The van der Waals surface area contributed by atoms with Crippen LogP contribution in [0, 0.1) is 5.41 Å². The normalized spacial score (nSPS) is 23.9. The predicted molar refractivity (Wildman–Crippen MR) is 67.2 cm³/mol. The molecule has 3 rings (SSSR count). The Bertz CT molecular complexity index is 437. The molecule has 2 heterocycles. The topological polar surface area (TPSA) is 16.1 Å². The summed E-state index contributed by atoms with van der Waals surface area (Å²) in [6, 6.07) is 4.08. The van der Waals surface area contributed by atoms with Gasteiger partial charge in [-0.05, 0) is 17.5 Å². The maximum Gasteiger partial charge on any atom is 0.249 e. The second-order valence-electron chi connectivity index (χ2n) is 6.17. The van der Waals surface area contributed by atoms with Gasteiger partial charge in [0.05, 0.1) is 0 Å². The Morgan fingerprint density at radius 1 is 1.22 bits per heavy atom. The van der Waals surface area contributed by atoms with Gasteiger partial charge in [0.25, 0.3) is 0 Å². The predicted octanol–water partition coefficient (Wildman–Crippen LogP) is 3.44. The highest BCUT2D eigenvalue weighted by molar-refractivity contribution is 5.45. The van der Waals surface area contributed by atoms with Crippen LogP contribution < -0.4 is 4.90 Å². The molecule has 0 aromatic carbocycles. The first-order valence-corrected chi connectivity index (χ1v) is 6.48. The van der Waals surface area contributed by atoms with Crippen LogP contribution in [0.1, 0.15) is 38.2 Å². The molecule has 0 amide bonds. The van der Waals surface area contributed by atoms with Gasteiger partial charge in [-0.1, -0.05) is 19.9 Å². The lowest BCUT2D eigenvalue weighted by Crippen LogP contribution is -2.66. The van der Waals surface area contributed by atoms with Crippen molar-refractivity contribution in [2.24, 2.45) is 5.41 Å². The van der Waals surface area contributed by atoms with Crippen molar-refractivity contribution in [3.63, 3.8) is 0 Å². The standard InChI is InChI=1S/C14H18F2N2/c1-10(2)11-3-4-12(17-5-11)18-8-13(9-18)6-14(15,16)7-13/h3-5,10H,6-9H2,1-2H3. The minimum atomic E-state index is -2.42. The molecule has 1 aromatic heterocycles. The van der Waals surface area contributed by atoms with Gasteiger partial charge >= 0.3 is 0 Å². The third kappa shape index (κ3) is 1.88. The summed E-state index contributed by atoms with van der Waals surface area (Å²) in [5, 5.41) is 0. The van der Waals surface area contributed by atoms with Gasteiger partial charge in [-0.3, -0.25) is 0 Å². The molecule has 1 saturated heterocycles. The van der Waals surface area contributed by atoms with Gasteiger partial charge in [0.2, 0.25) is 5.92 Å². The minimum Gasteiger partial charge on any atom is -0.355 e. The number of nitrogens with zero attached hydrogens (tertiary/aromatic N) is 2. The van der Waals surface area contributed by atoms with Gasteiger partial charge in [0.1, 0.15) is 5.82 Å². The monoisotopic (exact) mass is 252 g/mol. The van der Waals surface area contributed by atoms with Crippen molar-refractivity contribution in [2.75, 3.05) is 18.0 Å². The van der Waals surface area contributed by atoms with Gasteiger partial charge in [0, 0.05) is 37.5 Å². The van der Waals surface area contributed by atoms with Gasteiger partial charge < -0.3 is 4.90 Å². The molecule has 2 nitrogen and oxygen atoms in total. The summed E-state index contributed by atoms with van der Waals surface area (Å²) in [5.41, 5.74) is 1.09. The third-order valence-corrected chi connectivity index (χ3v) is 4.08. The summed E-state index contributed by atoms with van der Waals surface area (Å²) >= 11 is 0. The van der Waals surface area contributed by atoms with Crippen molar-refractivity contribution in [1.82, 2.24) is 4.98 Å². The van der Waals surface area contributed by atoms with Gasteiger partial charge in [-0.25, -0.2) is 13.8 Å². The molecule has 2 aliphatic rings. The van der Waals surface area contributed by atoms with E-state index >= 15 is 0 Å². The first-order valence-electron chi connectivity index (χ1n) is 6.48. The highest BCUT2D eigenvalue weighted by Crippen LogP contribution is 2.57. The van der Waals surface area contributed by atoms with E-state index < -0.39 is 5.92 Å². The lowest BCUT2D eigenvalue weighted by Gasteiger charge is -2.59. The molecular weight excluding hydrogens is 234 g/mol. The van der Waals surface area contributed by atoms with Crippen LogP contribution >= 0.6 is 0 Å². The SMILES string of the molecule is CC(C)c1ccc(N2CC3(C2)CC(F)(F)C3)nc1. The molecule has 18 heavy (non-hydrogen) atoms. The van der Waals surface area contributed by atoms with E-state index in [-0.39, 0.29) is 18.3 Å². The molecule has 1 aliphatic carbocycles. The van der Waals surface area contributed by atoms with Crippen LogP contribution in [0.4, 0.5) is 14.6 Å².